The van der Waals surface area contributed by atoms with E-state index in [0.29, 0.717) is 11.4 Å². The van der Waals surface area contributed by atoms with E-state index < -0.39 is 0 Å². The summed E-state index contributed by atoms with van der Waals surface area (Å²) in [6.07, 6.45) is 5.35. The van der Waals surface area contributed by atoms with Crippen molar-refractivity contribution in [2.24, 2.45) is 0 Å². The summed E-state index contributed by atoms with van der Waals surface area (Å²) in [6, 6.07) is 1.94. The summed E-state index contributed by atoms with van der Waals surface area (Å²) in [5.41, 5.74) is 0. The maximum atomic E-state index is 11.9. The van der Waals surface area contributed by atoms with Crippen LogP contribution in [0.3, 0.4) is 0 Å². The number of imidazole rings is 1. The molecule has 6 heteroatoms. The SMILES string of the molecule is CC(Cn1ccnc1)NC(=O)c1sccc1Br. The molecule has 1 unspecified atom stereocenters. The van der Waals surface area contributed by atoms with Gasteiger partial charge in [-0.05, 0) is 34.3 Å². The van der Waals surface area contributed by atoms with Gasteiger partial charge in [-0.15, -0.1) is 11.3 Å². The highest BCUT2D eigenvalue weighted by Gasteiger charge is 2.14. The van der Waals surface area contributed by atoms with Gasteiger partial charge in [0, 0.05) is 29.5 Å². The summed E-state index contributed by atoms with van der Waals surface area (Å²) >= 11 is 4.78. The van der Waals surface area contributed by atoms with E-state index in [-0.39, 0.29) is 11.9 Å². The molecule has 0 aliphatic carbocycles. The second kappa shape index (κ2) is 5.46. The topological polar surface area (TPSA) is 46.9 Å². The second-order valence-corrected chi connectivity index (χ2v) is 5.50. The third-order valence-corrected chi connectivity index (χ3v) is 4.08. The maximum absolute atomic E-state index is 11.9. The van der Waals surface area contributed by atoms with Crippen LogP contribution in [0.2, 0.25) is 0 Å². The molecule has 0 spiro atoms. The Bertz CT molecular complexity index is 495. The van der Waals surface area contributed by atoms with Crippen LogP contribution in [-0.4, -0.2) is 21.5 Å². The highest BCUT2D eigenvalue weighted by Crippen LogP contribution is 2.22. The average molecular weight is 314 g/mol. The third-order valence-electron chi connectivity index (χ3n) is 2.24. The number of carbonyl (C=O) groups excluding carboxylic acids is 1. The van der Waals surface area contributed by atoms with E-state index >= 15 is 0 Å². The molecule has 2 rings (SSSR count). The fourth-order valence-electron chi connectivity index (χ4n) is 1.50. The van der Waals surface area contributed by atoms with Crippen molar-refractivity contribution < 1.29 is 4.79 Å². The molecular weight excluding hydrogens is 302 g/mol. The zero-order chi connectivity index (χ0) is 12.3. The molecule has 0 radical (unpaired) electrons. The summed E-state index contributed by atoms with van der Waals surface area (Å²) in [7, 11) is 0. The van der Waals surface area contributed by atoms with Crippen molar-refractivity contribution in [1.82, 2.24) is 14.9 Å². The van der Waals surface area contributed by atoms with Gasteiger partial charge in [-0.2, -0.15) is 0 Å². The Kier molecular flexibility index (Phi) is 3.96. The van der Waals surface area contributed by atoms with Crippen molar-refractivity contribution in [2.45, 2.75) is 19.5 Å². The van der Waals surface area contributed by atoms with E-state index in [1.807, 2.05) is 29.1 Å². The van der Waals surface area contributed by atoms with Crippen LogP contribution in [0.15, 0.2) is 34.6 Å². The standard InChI is InChI=1S/C11H12BrN3OS/c1-8(6-15-4-3-13-7-15)14-11(16)10-9(12)2-5-17-10/h2-5,7-8H,6H2,1H3,(H,14,16). The molecular formula is C11H12BrN3OS. The predicted molar refractivity (Wildman–Crippen MR) is 71.2 cm³/mol. The lowest BCUT2D eigenvalue weighted by Crippen LogP contribution is -2.35. The molecule has 0 aliphatic rings. The quantitative estimate of drug-likeness (QED) is 0.943. The largest absolute Gasteiger partial charge is 0.347 e. The smallest absolute Gasteiger partial charge is 0.262 e. The zero-order valence-corrected chi connectivity index (χ0v) is 11.7. The lowest BCUT2D eigenvalue weighted by atomic mass is 10.3. The molecule has 0 fully saturated rings. The third kappa shape index (κ3) is 3.17. The molecule has 90 valence electrons. The number of aromatic nitrogens is 2. The van der Waals surface area contributed by atoms with Gasteiger partial charge in [-0.3, -0.25) is 4.79 Å². The first-order valence-electron chi connectivity index (χ1n) is 5.16. The average Bonchev–Trinajstić information content (AvgIpc) is 2.88. The van der Waals surface area contributed by atoms with Gasteiger partial charge in [0.25, 0.3) is 5.91 Å². The zero-order valence-electron chi connectivity index (χ0n) is 9.26. The van der Waals surface area contributed by atoms with Crippen molar-refractivity contribution in [3.8, 4) is 0 Å². The molecule has 17 heavy (non-hydrogen) atoms. The van der Waals surface area contributed by atoms with Crippen molar-refractivity contribution in [3.63, 3.8) is 0 Å². The maximum Gasteiger partial charge on any atom is 0.262 e. The van der Waals surface area contributed by atoms with Gasteiger partial charge in [0.05, 0.1) is 6.33 Å². The number of rotatable bonds is 4. The first-order valence-corrected chi connectivity index (χ1v) is 6.83. The van der Waals surface area contributed by atoms with Gasteiger partial charge in [-0.1, -0.05) is 0 Å². The molecule has 1 amide bonds. The normalized spacial score (nSPS) is 12.4. The number of nitrogens with zero attached hydrogens (tertiary/aromatic N) is 2. The Morgan fingerprint density at radius 2 is 2.53 bits per heavy atom. The van der Waals surface area contributed by atoms with Crippen LogP contribution in [0, 0.1) is 0 Å². The summed E-state index contributed by atoms with van der Waals surface area (Å²) in [5.74, 6) is -0.0421. The van der Waals surface area contributed by atoms with E-state index in [2.05, 4.69) is 26.2 Å². The minimum absolute atomic E-state index is 0.0421. The van der Waals surface area contributed by atoms with E-state index in [1.54, 1.807) is 12.5 Å². The molecule has 0 saturated heterocycles. The molecule has 2 heterocycles. The van der Waals surface area contributed by atoms with Crippen molar-refractivity contribution in [2.75, 3.05) is 0 Å². The van der Waals surface area contributed by atoms with Crippen molar-refractivity contribution >= 4 is 33.2 Å². The number of amides is 1. The van der Waals surface area contributed by atoms with Crippen LogP contribution in [-0.2, 0) is 6.54 Å². The van der Waals surface area contributed by atoms with Crippen LogP contribution in [0.5, 0.6) is 0 Å². The first-order chi connectivity index (χ1) is 8.16. The Morgan fingerprint density at radius 1 is 1.71 bits per heavy atom. The van der Waals surface area contributed by atoms with Gasteiger partial charge in [0.1, 0.15) is 4.88 Å². The number of hydrogen-bond acceptors (Lipinski definition) is 3. The van der Waals surface area contributed by atoms with Gasteiger partial charge in [0.15, 0.2) is 0 Å². The van der Waals surface area contributed by atoms with Gasteiger partial charge >= 0.3 is 0 Å². The summed E-state index contributed by atoms with van der Waals surface area (Å²) in [5, 5.41) is 4.84. The minimum Gasteiger partial charge on any atom is -0.347 e. The molecule has 1 atom stereocenters. The highest BCUT2D eigenvalue weighted by atomic mass is 79.9. The molecule has 0 bridgehead atoms. The fraction of sp³-hybridized carbons (Fsp3) is 0.273. The summed E-state index contributed by atoms with van der Waals surface area (Å²) in [4.78, 5) is 16.6. The molecule has 2 aromatic heterocycles. The van der Waals surface area contributed by atoms with Crippen molar-refractivity contribution in [3.05, 3.63) is 39.5 Å². The molecule has 0 saturated carbocycles. The number of halogens is 1. The molecule has 4 nitrogen and oxygen atoms in total. The van der Waals surface area contributed by atoms with Crippen LogP contribution in [0.1, 0.15) is 16.6 Å². The molecule has 1 N–H and O–H groups in total. The summed E-state index contributed by atoms with van der Waals surface area (Å²) < 4.78 is 2.78. The number of nitrogens with one attached hydrogen (secondary N) is 1. The van der Waals surface area contributed by atoms with E-state index in [9.17, 15) is 4.79 Å². The Balaban J connectivity index is 1.93. The highest BCUT2D eigenvalue weighted by molar-refractivity contribution is 9.10. The van der Waals surface area contributed by atoms with Gasteiger partial charge in [0.2, 0.25) is 0 Å². The lowest BCUT2D eigenvalue weighted by Gasteiger charge is -2.13. The monoisotopic (exact) mass is 313 g/mol. The number of thiophene rings is 1. The van der Waals surface area contributed by atoms with Crippen LogP contribution >= 0.6 is 27.3 Å². The van der Waals surface area contributed by atoms with E-state index in [1.165, 1.54) is 11.3 Å². The lowest BCUT2D eigenvalue weighted by molar-refractivity contribution is 0.0940. The Labute approximate surface area is 112 Å². The predicted octanol–water partition coefficient (Wildman–Crippen LogP) is 2.53. The minimum atomic E-state index is -0.0421. The number of hydrogen-bond donors (Lipinski definition) is 1. The van der Waals surface area contributed by atoms with Crippen LogP contribution < -0.4 is 5.32 Å². The van der Waals surface area contributed by atoms with Gasteiger partial charge < -0.3 is 9.88 Å². The van der Waals surface area contributed by atoms with Crippen LogP contribution in [0.4, 0.5) is 0 Å². The van der Waals surface area contributed by atoms with Gasteiger partial charge in [-0.25, -0.2) is 4.98 Å². The van der Waals surface area contributed by atoms with E-state index in [4.69, 9.17) is 0 Å². The second-order valence-electron chi connectivity index (χ2n) is 3.73. The summed E-state index contributed by atoms with van der Waals surface area (Å²) in [6.45, 7) is 2.69. The Morgan fingerprint density at radius 3 is 3.12 bits per heavy atom. The first kappa shape index (κ1) is 12.3. The molecule has 2 aromatic rings. The Hall–Kier alpha value is -1.14. The molecule has 0 aliphatic heterocycles. The number of carbonyl (C=O) groups is 1. The van der Waals surface area contributed by atoms with Crippen molar-refractivity contribution in [1.29, 1.82) is 0 Å². The van der Waals surface area contributed by atoms with Crippen LogP contribution in [0.25, 0.3) is 0 Å². The molecule has 0 aromatic carbocycles. The fourth-order valence-corrected chi connectivity index (χ4v) is 2.96. The van der Waals surface area contributed by atoms with E-state index in [0.717, 1.165) is 4.47 Å².